The third-order valence-corrected chi connectivity index (χ3v) is 3.74. The highest BCUT2D eigenvalue weighted by Gasteiger charge is 2.13. The first kappa shape index (κ1) is 16.7. The number of benzene rings is 1. The summed E-state index contributed by atoms with van der Waals surface area (Å²) in [6, 6.07) is 11.5. The first-order chi connectivity index (χ1) is 12.1. The fourth-order valence-electron chi connectivity index (χ4n) is 2.29. The number of carbonyl (C=O) groups excluding carboxylic acids is 1. The van der Waals surface area contributed by atoms with Crippen molar-refractivity contribution >= 4 is 35.0 Å². The molecular weight excluding hydrogens is 346 g/mol. The maximum atomic E-state index is 11.9. The summed E-state index contributed by atoms with van der Waals surface area (Å²) < 4.78 is 6.80. The van der Waals surface area contributed by atoms with Crippen LogP contribution in [0.2, 0.25) is 5.15 Å². The summed E-state index contributed by atoms with van der Waals surface area (Å²) in [5, 5.41) is 11.2. The fourth-order valence-corrected chi connectivity index (χ4v) is 2.53. The molecule has 8 heteroatoms. The summed E-state index contributed by atoms with van der Waals surface area (Å²) in [5.74, 6) is -0.639. The van der Waals surface area contributed by atoms with Crippen molar-refractivity contribution in [1.29, 1.82) is 0 Å². The van der Waals surface area contributed by atoms with E-state index in [1.807, 2.05) is 12.1 Å². The van der Waals surface area contributed by atoms with Gasteiger partial charge in [0.15, 0.2) is 5.15 Å². The summed E-state index contributed by atoms with van der Waals surface area (Å²) in [5.41, 5.74) is 1.42. The van der Waals surface area contributed by atoms with E-state index < -0.39 is 10.9 Å². The number of aromatic nitrogens is 2. The molecule has 1 aromatic carbocycles. The Labute approximate surface area is 147 Å². The minimum absolute atomic E-state index is 0.0934. The topological polar surface area (TPSA) is 86.7 Å². The van der Waals surface area contributed by atoms with Gasteiger partial charge in [0.05, 0.1) is 16.2 Å². The van der Waals surface area contributed by atoms with Crippen LogP contribution < -0.4 is 0 Å². The molecule has 0 amide bonds. The number of hydrogen-bond donors (Lipinski definition) is 0. The van der Waals surface area contributed by atoms with Crippen LogP contribution >= 0.6 is 11.6 Å². The Morgan fingerprint density at radius 2 is 2.04 bits per heavy atom. The molecule has 0 saturated carbocycles. The molecule has 0 N–H and O–H groups in total. The number of fused-ring (bicyclic) bond motifs is 1. The lowest BCUT2D eigenvalue weighted by atomic mass is 10.2. The molecule has 0 saturated heterocycles. The Hall–Kier alpha value is -3.19. The monoisotopic (exact) mass is 357 g/mol. The average molecular weight is 358 g/mol. The number of rotatable bonds is 5. The van der Waals surface area contributed by atoms with E-state index in [-0.39, 0.29) is 17.4 Å². The lowest BCUT2D eigenvalue weighted by Crippen LogP contribution is -2.03. The quantitative estimate of drug-likeness (QED) is 0.301. The second-order valence-corrected chi connectivity index (χ2v) is 5.40. The number of pyridine rings is 1. The van der Waals surface area contributed by atoms with Crippen molar-refractivity contribution in [3.05, 3.63) is 81.3 Å². The molecule has 0 unspecified atom stereocenters. The van der Waals surface area contributed by atoms with E-state index in [9.17, 15) is 14.9 Å². The second kappa shape index (κ2) is 7.14. The van der Waals surface area contributed by atoms with E-state index in [2.05, 4.69) is 4.98 Å². The van der Waals surface area contributed by atoms with Crippen LogP contribution in [0.5, 0.6) is 0 Å². The number of nitrogens with zero attached hydrogens (tertiary/aromatic N) is 3. The van der Waals surface area contributed by atoms with Crippen molar-refractivity contribution < 1.29 is 14.5 Å². The summed E-state index contributed by atoms with van der Waals surface area (Å²) in [6.07, 6.45) is 4.47. The van der Waals surface area contributed by atoms with Crippen LogP contribution in [0.15, 0.2) is 54.7 Å². The van der Waals surface area contributed by atoms with Crippen LogP contribution in [0.4, 0.5) is 5.69 Å². The number of esters is 1. The molecule has 2 heterocycles. The van der Waals surface area contributed by atoms with Crippen LogP contribution in [0, 0.1) is 10.1 Å². The largest absolute Gasteiger partial charge is 0.457 e. The van der Waals surface area contributed by atoms with E-state index in [4.69, 9.17) is 16.3 Å². The molecule has 0 spiro atoms. The Bertz CT molecular complexity index is 981. The Morgan fingerprint density at radius 1 is 1.28 bits per heavy atom. The minimum Gasteiger partial charge on any atom is -0.457 e. The van der Waals surface area contributed by atoms with Crippen molar-refractivity contribution in [3.8, 4) is 0 Å². The van der Waals surface area contributed by atoms with Crippen molar-refractivity contribution in [2.24, 2.45) is 0 Å². The number of carbonyl (C=O) groups is 1. The molecule has 0 aliphatic carbocycles. The maximum Gasteiger partial charge on any atom is 0.331 e. The van der Waals surface area contributed by atoms with Gasteiger partial charge >= 0.3 is 5.97 Å². The SMILES string of the molecule is O=C(/C=C/c1c(Cl)nc2ccccn12)OCc1ccccc1[N+](=O)[O-]. The number of para-hydroxylation sites is 1. The van der Waals surface area contributed by atoms with Gasteiger partial charge in [-0.3, -0.25) is 14.5 Å². The second-order valence-electron chi connectivity index (χ2n) is 5.04. The number of nitro groups is 1. The molecule has 0 radical (unpaired) electrons. The van der Waals surface area contributed by atoms with Gasteiger partial charge in [-0.25, -0.2) is 9.78 Å². The summed E-state index contributed by atoms with van der Waals surface area (Å²) in [6.45, 7) is -0.193. The molecular formula is C17H12ClN3O4. The molecule has 0 fully saturated rings. The molecule has 0 bridgehead atoms. The summed E-state index contributed by atoms with van der Waals surface area (Å²) in [7, 11) is 0. The normalized spacial score (nSPS) is 11.1. The summed E-state index contributed by atoms with van der Waals surface area (Å²) in [4.78, 5) is 26.5. The van der Waals surface area contributed by atoms with E-state index in [0.29, 0.717) is 16.9 Å². The highest BCUT2D eigenvalue weighted by molar-refractivity contribution is 6.31. The van der Waals surface area contributed by atoms with Gasteiger partial charge in [0.2, 0.25) is 0 Å². The molecule has 3 rings (SSSR count). The zero-order valence-corrected chi connectivity index (χ0v) is 13.6. The molecule has 0 aliphatic rings. The highest BCUT2D eigenvalue weighted by Crippen LogP contribution is 2.20. The minimum atomic E-state index is -0.639. The van der Waals surface area contributed by atoms with Crippen molar-refractivity contribution in [2.45, 2.75) is 6.61 Å². The Balaban J connectivity index is 1.72. The van der Waals surface area contributed by atoms with Crippen LogP contribution in [0.25, 0.3) is 11.7 Å². The van der Waals surface area contributed by atoms with E-state index in [0.717, 1.165) is 0 Å². The molecule has 25 heavy (non-hydrogen) atoms. The summed E-state index contributed by atoms with van der Waals surface area (Å²) >= 11 is 6.07. The van der Waals surface area contributed by atoms with Gasteiger partial charge in [-0.1, -0.05) is 29.8 Å². The van der Waals surface area contributed by atoms with Gasteiger partial charge in [0, 0.05) is 18.3 Å². The third kappa shape index (κ3) is 3.67. The predicted molar refractivity (Wildman–Crippen MR) is 92.1 cm³/mol. The molecule has 7 nitrogen and oxygen atoms in total. The van der Waals surface area contributed by atoms with Crippen molar-refractivity contribution in [3.63, 3.8) is 0 Å². The van der Waals surface area contributed by atoms with Gasteiger partial charge in [-0.2, -0.15) is 0 Å². The first-order valence-corrected chi connectivity index (χ1v) is 7.64. The third-order valence-electron chi connectivity index (χ3n) is 3.46. The van der Waals surface area contributed by atoms with Gasteiger partial charge in [-0.05, 0) is 24.3 Å². The Kier molecular flexibility index (Phi) is 4.76. The van der Waals surface area contributed by atoms with Crippen LogP contribution in [0.3, 0.4) is 0 Å². The van der Waals surface area contributed by atoms with Crippen LogP contribution in [-0.2, 0) is 16.1 Å². The van der Waals surface area contributed by atoms with Crippen molar-refractivity contribution in [1.82, 2.24) is 9.38 Å². The van der Waals surface area contributed by atoms with Crippen LogP contribution in [0.1, 0.15) is 11.3 Å². The van der Waals surface area contributed by atoms with E-state index in [1.165, 1.54) is 24.3 Å². The molecule has 3 aromatic rings. The van der Waals surface area contributed by atoms with Gasteiger partial charge in [-0.15, -0.1) is 0 Å². The smallest absolute Gasteiger partial charge is 0.331 e. The molecule has 0 aliphatic heterocycles. The Morgan fingerprint density at radius 3 is 2.84 bits per heavy atom. The lowest BCUT2D eigenvalue weighted by molar-refractivity contribution is -0.385. The zero-order valence-electron chi connectivity index (χ0n) is 12.8. The highest BCUT2D eigenvalue weighted by atomic mass is 35.5. The maximum absolute atomic E-state index is 11.9. The molecule has 2 aromatic heterocycles. The number of imidazole rings is 1. The number of halogens is 1. The number of ether oxygens (including phenoxy) is 1. The van der Waals surface area contributed by atoms with Crippen LogP contribution in [-0.4, -0.2) is 20.3 Å². The fraction of sp³-hybridized carbons (Fsp3) is 0.0588. The average Bonchev–Trinajstić information content (AvgIpc) is 2.93. The standard InChI is InChI=1S/C17H12ClN3O4/c18-17-14(20-10-4-3-7-15(20)19-17)8-9-16(22)25-11-12-5-1-2-6-13(12)21(23)24/h1-10H,11H2/b9-8+. The zero-order chi connectivity index (χ0) is 17.8. The van der Waals surface area contributed by atoms with Gasteiger partial charge in [0.1, 0.15) is 12.3 Å². The predicted octanol–water partition coefficient (Wildman–Crippen LogP) is 3.65. The van der Waals surface area contributed by atoms with Crippen molar-refractivity contribution in [2.75, 3.05) is 0 Å². The number of nitro benzene ring substituents is 1. The van der Waals surface area contributed by atoms with E-state index >= 15 is 0 Å². The molecule has 126 valence electrons. The first-order valence-electron chi connectivity index (χ1n) is 7.26. The number of hydrogen-bond acceptors (Lipinski definition) is 5. The lowest BCUT2D eigenvalue weighted by Gasteiger charge is -2.03. The van der Waals surface area contributed by atoms with E-state index in [1.54, 1.807) is 28.8 Å². The molecule has 0 atom stereocenters. The van der Waals surface area contributed by atoms with Gasteiger partial charge in [0.25, 0.3) is 5.69 Å². The van der Waals surface area contributed by atoms with Gasteiger partial charge < -0.3 is 4.74 Å².